The summed E-state index contributed by atoms with van der Waals surface area (Å²) in [7, 11) is 0. The number of rotatable bonds is 6. The maximum Gasteiger partial charge on any atom is 0.344 e. The highest BCUT2D eigenvalue weighted by atomic mass is 16.6. The van der Waals surface area contributed by atoms with Crippen LogP contribution in [0, 0.1) is 0 Å². The standard InChI is InChI=1S/C21H29NO4/c1-15(21(24)22-18-9-4-2-3-5-10-18)26-20(23)14-25-19-12-11-16-7-6-8-17(16)13-19/h11-13,15,18H,2-10,14H2,1H3,(H,22,24)/t15-/m1/s1. The highest BCUT2D eigenvalue weighted by molar-refractivity contribution is 5.83. The van der Waals surface area contributed by atoms with Crippen molar-refractivity contribution in [3.63, 3.8) is 0 Å². The maximum absolute atomic E-state index is 12.2. The van der Waals surface area contributed by atoms with Crippen molar-refractivity contribution in [2.45, 2.75) is 76.9 Å². The summed E-state index contributed by atoms with van der Waals surface area (Å²) in [6.45, 7) is 1.43. The number of fused-ring (bicyclic) bond motifs is 1. The van der Waals surface area contributed by atoms with Gasteiger partial charge in [0.2, 0.25) is 0 Å². The van der Waals surface area contributed by atoms with Gasteiger partial charge in [-0.2, -0.15) is 0 Å². The SMILES string of the molecule is C[C@@H](OC(=O)COc1ccc2c(c1)CCC2)C(=O)NC1CCCCCC1. The number of nitrogens with one attached hydrogen (secondary N) is 1. The highest BCUT2D eigenvalue weighted by Crippen LogP contribution is 2.26. The van der Waals surface area contributed by atoms with Crippen LogP contribution >= 0.6 is 0 Å². The molecule has 1 aromatic carbocycles. The molecule has 5 nitrogen and oxygen atoms in total. The van der Waals surface area contributed by atoms with Gasteiger partial charge in [-0.3, -0.25) is 4.79 Å². The Kier molecular flexibility index (Phi) is 6.53. The summed E-state index contributed by atoms with van der Waals surface area (Å²) < 4.78 is 10.8. The molecule has 0 bridgehead atoms. The lowest BCUT2D eigenvalue weighted by atomic mass is 10.1. The maximum atomic E-state index is 12.2. The largest absolute Gasteiger partial charge is 0.482 e. The summed E-state index contributed by atoms with van der Waals surface area (Å²) >= 11 is 0. The van der Waals surface area contributed by atoms with Crippen LogP contribution < -0.4 is 10.1 Å². The summed E-state index contributed by atoms with van der Waals surface area (Å²) in [5, 5.41) is 3.01. The van der Waals surface area contributed by atoms with Crippen molar-refractivity contribution in [2.24, 2.45) is 0 Å². The Bertz CT molecular complexity index is 635. The lowest BCUT2D eigenvalue weighted by Gasteiger charge is -2.19. The van der Waals surface area contributed by atoms with Gasteiger partial charge in [-0.05, 0) is 62.3 Å². The van der Waals surface area contributed by atoms with Gasteiger partial charge in [-0.1, -0.05) is 31.7 Å². The number of benzene rings is 1. The molecule has 1 N–H and O–H groups in total. The molecule has 0 spiro atoms. The quantitative estimate of drug-likeness (QED) is 0.625. The van der Waals surface area contributed by atoms with Gasteiger partial charge in [0.15, 0.2) is 12.7 Å². The fourth-order valence-electron chi connectivity index (χ4n) is 3.81. The minimum atomic E-state index is -0.797. The zero-order chi connectivity index (χ0) is 18.4. The first-order chi connectivity index (χ1) is 12.6. The summed E-state index contributed by atoms with van der Waals surface area (Å²) in [5.74, 6) is -0.0602. The van der Waals surface area contributed by atoms with Crippen LogP contribution in [0.15, 0.2) is 18.2 Å². The second-order valence-corrected chi connectivity index (χ2v) is 7.40. The second kappa shape index (κ2) is 9.06. The third kappa shape index (κ3) is 5.23. The van der Waals surface area contributed by atoms with E-state index in [1.54, 1.807) is 6.92 Å². The monoisotopic (exact) mass is 359 g/mol. The van der Waals surface area contributed by atoms with Crippen molar-refractivity contribution in [1.29, 1.82) is 0 Å². The Morgan fingerprint density at radius 3 is 2.58 bits per heavy atom. The second-order valence-electron chi connectivity index (χ2n) is 7.40. The minimum Gasteiger partial charge on any atom is -0.482 e. The van der Waals surface area contributed by atoms with Crippen LogP contribution in [-0.2, 0) is 27.2 Å². The molecule has 0 unspecified atom stereocenters. The van der Waals surface area contributed by atoms with E-state index >= 15 is 0 Å². The first kappa shape index (κ1) is 18.7. The number of aryl methyl sites for hydroxylation is 2. The fraction of sp³-hybridized carbons (Fsp3) is 0.619. The Labute approximate surface area is 155 Å². The van der Waals surface area contributed by atoms with Crippen LogP contribution in [0.3, 0.4) is 0 Å². The van der Waals surface area contributed by atoms with E-state index in [9.17, 15) is 9.59 Å². The van der Waals surface area contributed by atoms with E-state index in [2.05, 4.69) is 11.4 Å². The number of hydrogen-bond acceptors (Lipinski definition) is 4. The lowest BCUT2D eigenvalue weighted by Crippen LogP contribution is -2.42. The normalized spacial score (nSPS) is 18.5. The van der Waals surface area contributed by atoms with Crippen molar-refractivity contribution >= 4 is 11.9 Å². The third-order valence-electron chi connectivity index (χ3n) is 5.31. The van der Waals surface area contributed by atoms with E-state index < -0.39 is 12.1 Å². The molecule has 0 aromatic heterocycles. The fourth-order valence-corrected chi connectivity index (χ4v) is 3.81. The Morgan fingerprint density at radius 2 is 1.81 bits per heavy atom. The molecule has 1 amide bonds. The number of esters is 1. The van der Waals surface area contributed by atoms with Crippen molar-refractivity contribution in [1.82, 2.24) is 5.32 Å². The van der Waals surface area contributed by atoms with Gasteiger partial charge in [0.05, 0.1) is 0 Å². The predicted octanol–water partition coefficient (Wildman–Crippen LogP) is 3.32. The molecule has 3 rings (SSSR count). The van der Waals surface area contributed by atoms with Gasteiger partial charge in [-0.15, -0.1) is 0 Å². The molecular formula is C21H29NO4. The molecule has 2 aliphatic rings. The van der Waals surface area contributed by atoms with Crippen molar-refractivity contribution in [3.05, 3.63) is 29.3 Å². The third-order valence-corrected chi connectivity index (χ3v) is 5.31. The topological polar surface area (TPSA) is 64.6 Å². The van der Waals surface area contributed by atoms with Crippen molar-refractivity contribution < 1.29 is 19.1 Å². The van der Waals surface area contributed by atoms with Gasteiger partial charge >= 0.3 is 5.97 Å². The predicted molar refractivity (Wildman–Crippen MR) is 99.1 cm³/mol. The van der Waals surface area contributed by atoms with Crippen LogP contribution in [0.1, 0.15) is 63.0 Å². The Hall–Kier alpha value is -2.04. The van der Waals surface area contributed by atoms with Crippen LogP contribution in [-0.4, -0.2) is 30.6 Å². The Morgan fingerprint density at radius 1 is 1.08 bits per heavy atom. The molecule has 0 radical (unpaired) electrons. The smallest absolute Gasteiger partial charge is 0.344 e. The van der Waals surface area contributed by atoms with Crippen LogP contribution in [0.2, 0.25) is 0 Å². The van der Waals surface area contributed by atoms with E-state index in [-0.39, 0.29) is 18.6 Å². The van der Waals surface area contributed by atoms with E-state index in [0.29, 0.717) is 5.75 Å². The van der Waals surface area contributed by atoms with E-state index in [0.717, 1.165) is 38.5 Å². The first-order valence-electron chi connectivity index (χ1n) is 9.86. The zero-order valence-corrected chi connectivity index (χ0v) is 15.6. The zero-order valence-electron chi connectivity index (χ0n) is 15.6. The van der Waals surface area contributed by atoms with Gasteiger partial charge < -0.3 is 14.8 Å². The molecule has 1 atom stereocenters. The molecule has 142 valence electrons. The number of carbonyl (C=O) groups excluding carboxylic acids is 2. The number of carbonyl (C=O) groups is 2. The number of amides is 1. The van der Waals surface area contributed by atoms with Crippen molar-refractivity contribution in [2.75, 3.05) is 6.61 Å². The van der Waals surface area contributed by atoms with Crippen LogP contribution in [0.25, 0.3) is 0 Å². The van der Waals surface area contributed by atoms with Gasteiger partial charge in [0.1, 0.15) is 5.75 Å². The molecular weight excluding hydrogens is 330 g/mol. The van der Waals surface area contributed by atoms with Gasteiger partial charge in [0.25, 0.3) is 5.91 Å². The average molecular weight is 359 g/mol. The molecule has 0 saturated heterocycles. The molecule has 1 fully saturated rings. The van der Waals surface area contributed by atoms with E-state index in [4.69, 9.17) is 9.47 Å². The van der Waals surface area contributed by atoms with Crippen LogP contribution in [0.5, 0.6) is 5.75 Å². The molecule has 26 heavy (non-hydrogen) atoms. The lowest BCUT2D eigenvalue weighted by molar-refractivity contribution is -0.156. The summed E-state index contributed by atoms with van der Waals surface area (Å²) in [4.78, 5) is 24.2. The van der Waals surface area contributed by atoms with E-state index in [1.807, 2.05) is 12.1 Å². The number of ether oxygens (including phenoxy) is 2. The van der Waals surface area contributed by atoms with Gasteiger partial charge in [-0.25, -0.2) is 4.79 Å². The Balaban J connectivity index is 1.41. The summed E-state index contributed by atoms with van der Waals surface area (Å²) in [6.07, 6.45) is 9.33. The molecule has 2 aliphatic carbocycles. The first-order valence-corrected chi connectivity index (χ1v) is 9.86. The summed E-state index contributed by atoms with van der Waals surface area (Å²) in [6, 6.07) is 6.15. The molecule has 5 heteroatoms. The summed E-state index contributed by atoms with van der Waals surface area (Å²) in [5.41, 5.74) is 2.66. The minimum absolute atomic E-state index is 0.181. The van der Waals surface area contributed by atoms with Crippen LogP contribution in [0.4, 0.5) is 0 Å². The molecule has 0 aliphatic heterocycles. The molecule has 1 aromatic rings. The van der Waals surface area contributed by atoms with Gasteiger partial charge in [0, 0.05) is 6.04 Å². The molecule has 0 heterocycles. The van der Waals surface area contributed by atoms with Crippen molar-refractivity contribution in [3.8, 4) is 5.75 Å². The highest BCUT2D eigenvalue weighted by Gasteiger charge is 2.22. The average Bonchev–Trinajstić information content (AvgIpc) is 2.95. The van der Waals surface area contributed by atoms with E-state index in [1.165, 1.54) is 30.4 Å². The number of hydrogen-bond donors (Lipinski definition) is 1. The molecule has 1 saturated carbocycles.